The monoisotopic (exact) mass is 245 g/mol. The Balaban J connectivity index is 2.25. The number of carboxylic acid groups (broad SMARTS) is 1. The lowest BCUT2D eigenvalue weighted by atomic mass is 10.1. The van der Waals surface area contributed by atoms with Gasteiger partial charge in [0.1, 0.15) is 0 Å². The number of para-hydroxylation sites is 1. The molecular weight excluding hydrogens is 230 g/mol. The molecule has 1 atom stereocenters. The molecule has 0 fully saturated rings. The fourth-order valence-corrected chi connectivity index (χ4v) is 1.91. The third-order valence-corrected chi connectivity index (χ3v) is 2.83. The van der Waals surface area contributed by atoms with E-state index >= 15 is 0 Å². The van der Waals surface area contributed by atoms with E-state index in [0.29, 0.717) is 5.69 Å². The minimum atomic E-state index is -0.935. The number of anilines is 1. The van der Waals surface area contributed by atoms with E-state index in [1.54, 1.807) is 29.1 Å². The highest BCUT2D eigenvalue weighted by molar-refractivity contribution is 5.94. The number of aromatic carboxylic acids is 1. The van der Waals surface area contributed by atoms with Gasteiger partial charge >= 0.3 is 5.97 Å². The Morgan fingerprint density at radius 2 is 2.11 bits per heavy atom. The van der Waals surface area contributed by atoms with E-state index in [4.69, 9.17) is 5.11 Å². The summed E-state index contributed by atoms with van der Waals surface area (Å²) in [5, 5.41) is 16.4. The number of carboxylic acids is 1. The van der Waals surface area contributed by atoms with Crippen molar-refractivity contribution >= 4 is 11.7 Å². The maximum Gasteiger partial charge on any atom is 0.337 e. The molecule has 2 aromatic rings. The number of aryl methyl sites for hydroxylation is 1. The van der Waals surface area contributed by atoms with Crippen molar-refractivity contribution in [2.24, 2.45) is 7.05 Å². The van der Waals surface area contributed by atoms with Gasteiger partial charge in [-0.15, -0.1) is 0 Å². The van der Waals surface area contributed by atoms with Crippen molar-refractivity contribution in [1.82, 2.24) is 9.78 Å². The summed E-state index contributed by atoms with van der Waals surface area (Å²) in [6, 6.07) is 8.75. The SMILES string of the molecule is CC(Nc1ccccc1C(=O)O)c1ccnn1C. The number of hydrogen-bond acceptors (Lipinski definition) is 3. The number of nitrogens with one attached hydrogen (secondary N) is 1. The Morgan fingerprint density at radius 1 is 1.39 bits per heavy atom. The zero-order valence-corrected chi connectivity index (χ0v) is 10.3. The highest BCUT2D eigenvalue weighted by Gasteiger charge is 2.13. The average Bonchev–Trinajstić information content (AvgIpc) is 2.76. The van der Waals surface area contributed by atoms with Crippen LogP contribution >= 0.6 is 0 Å². The summed E-state index contributed by atoms with van der Waals surface area (Å²) < 4.78 is 1.76. The molecule has 0 aliphatic carbocycles. The topological polar surface area (TPSA) is 67.2 Å². The van der Waals surface area contributed by atoms with Gasteiger partial charge in [0.05, 0.1) is 17.3 Å². The van der Waals surface area contributed by atoms with E-state index in [0.717, 1.165) is 5.69 Å². The number of nitrogens with zero attached hydrogens (tertiary/aromatic N) is 2. The standard InChI is InChI=1S/C13H15N3O2/c1-9(12-7-8-14-16(12)2)15-11-6-4-3-5-10(11)13(17)18/h3-9,15H,1-2H3,(H,17,18). The number of hydrogen-bond donors (Lipinski definition) is 2. The first-order valence-corrected chi connectivity index (χ1v) is 5.66. The zero-order valence-electron chi connectivity index (χ0n) is 10.3. The number of rotatable bonds is 4. The van der Waals surface area contributed by atoms with Crippen LogP contribution in [0.4, 0.5) is 5.69 Å². The van der Waals surface area contributed by atoms with Crippen LogP contribution in [0.5, 0.6) is 0 Å². The summed E-state index contributed by atoms with van der Waals surface area (Å²) in [5.74, 6) is -0.935. The Labute approximate surface area is 105 Å². The van der Waals surface area contributed by atoms with E-state index < -0.39 is 5.97 Å². The van der Waals surface area contributed by atoms with E-state index in [1.807, 2.05) is 26.1 Å². The normalized spacial score (nSPS) is 12.1. The molecule has 1 aromatic carbocycles. The molecule has 18 heavy (non-hydrogen) atoms. The maximum absolute atomic E-state index is 11.1. The molecule has 2 rings (SSSR count). The minimum absolute atomic E-state index is 0.0157. The Hall–Kier alpha value is -2.30. The van der Waals surface area contributed by atoms with Crippen molar-refractivity contribution in [1.29, 1.82) is 0 Å². The van der Waals surface area contributed by atoms with Crippen molar-refractivity contribution in [2.75, 3.05) is 5.32 Å². The summed E-state index contributed by atoms with van der Waals surface area (Å²) in [7, 11) is 1.86. The minimum Gasteiger partial charge on any atom is -0.478 e. The second kappa shape index (κ2) is 4.91. The van der Waals surface area contributed by atoms with E-state index in [-0.39, 0.29) is 11.6 Å². The number of carbonyl (C=O) groups is 1. The molecule has 94 valence electrons. The van der Waals surface area contributed by atoms with Crippen molar-refractivity contribution < 1.29 is 9.90 Å². The van der Waals surface area contributed by atoms with Gasteiger partial charge in [-0.25, -0.2) is 4.79 Å². The quantitative estimate of drug-likeness (QED) is 0.867. The second-order valence-electron chi connectivity index (χ2n) is 4.10. The van der Waals surface area contributed by atoms with Crippen molar-refractivity contribution in [3.05, 3.63) is 47.8 Å². The lowest BCUT2D eigenvalue weighted by molar-refractivity contribution is 0.0698. The molecule has 0 aliphatic rings. The molecule has 0 saturated heterocycles. The van der Waals surface area contributed by atoms with Crippen LogP contribution in [0.3, 0.4) is 0 Å². The van der Waals surface area contributed by atoms with Gasteiger partial charge in [-0.2, -0.15) is 5.10 Å². The summed E-state index contributed by atoms with van der Waals surface area (Å²) in [6.07, 6.45) is 1.72. The van der Waals surface area contributed by atoms with E-state index in [9.17, 15) is 4.79 Å². The van der Waals surface area contributed by atoms with Crippen molar-refractivity contribution in [3.8, 4) is 0 Å². The fourth-order valence-electron chi connectivity index (χ4n) is 1.91. The first-order chi connectivity index (χ1) is 8.59. The molecule has 1 unspecified atom stereocenters. The van der Waals surface area contributed by atoms with Gasteiger partial charge < -0.3 is 10.4 Å². The number of aromatic nitrogens is 2. The van der Waals surface area contributed by atoms with Crippen LogP contribution in [-0.2, 0) is 7.05 Å². The predicted molar refractivity (Wildman–Crippen MR) is 68.6 cm³/mol. The number of benzene rings is 1. The van der Waals surface area contributed by atoms with Gasteiger partial charge in [0.2, 0.25) is 0 Å². The largest absolute Gasteiger partial charge is 0.478 e. The molecule has 0 radical (unpaired) electrons. The highest BCUT2D eigenvalue weighted by atomic mass is 16.4. The molecule has 0 aliphatic heterocycles. The molecule has 0 saturated carbocycles. The van der Waals surface area contributed by atoms with Crippen molar-refractivity contribution in [3.63, 3.8) is 0 Å². The zero-order chi connectivity index (χ0) is 13.1. The molecular formula is C13H15N3O2. The summed E-state index contributed by atoms with van der Waals surface area (Å²) >= 11 is 0. The predicted octanol–water partition coefficient (Wildman–Crippen LogP) is 2.29. The molecule has 0 bridgehead atoms. The Kier molecular flexibility index (Phi) is 3.32. The maximum atomic E-state index is 11.1. The molecule has 1 heterocycles. The first kappa shape index (κ1) is 12.2. The van der Waals surface area contributed by atoms with E-state index in [2.05, 4.69) is 10.4 Å². The van der Waals surface area contributed by atoms with Crippen molar-refractivity contribution in [2.45, 2.75) is 13.0 Å². The smallest absolute Gasteiger partial charge is 0.337 e. The van der Waals surface area contributed by atoms with Crippen LogP contribution < -0.4 is 5.32 Å². The van der Waals surface area contributed by atoms with Gasteiger partial charge in [-0.1, -0.05) is 12.1 Å². The third kappa shape index (κ3) is 2.34. The van der Waals surface area contributed by atoms with Crippen LogP contribution in [0.1, 0.15) is 29.0 Å². The van der Waals surface area contributed by atoms with Crippen LogP contribution in [0.15, 0.2) is 36.5 Å². The Morgan fingerprint density at radius 3 is 2.72 bits per heavy atom. The fraction of sp³-hybridized carbons (Fsp3) is 0.231. The molecule has 1 aromatic heterocycles. The second-order valence-corrected chi connectivity index (χ2v) is 4.10. The average molecular weight is 245 g/mol. The summed E-state index contributed by atoms with van der Waals surface area (Å²) in [5.41, 5.74) is 1.88. The van der Waals surface area contributed by atoms with Crippen LogP contribution in [-0.4, -0.2) is 20.9 Å². The van der Waals surface area contributed by atoms with E-state index in [1.165, 1.54) is 0 Å². The molecule has 2 N–H and O–H groups in total. The Bertz CT molecular complexity index is 563. The first-order valence-electron chi connectivity index (χ1n) is 5.66. The van der Waals surface area contributed by atoms with Crippen LogP contribution in [0, 0.1) is 0 Å². The third-order valence-electron chi connectivity index (χ3n) is 2.83. The lowest BCUT2D eigenvalue weighted by Gasteiger charge is -2.17. The van der Waals surface area contributed by atoms with Crippen LogP contribution in [0.2, 0.25) is 0 Å². The summed E-state index contributed by atoms with van der Waals surface area (Å²) in [4.78, 5) is 11.1. The molecule has 0 spiro atoms. The molecule has 5 nitrogen and oxygen atoms in total. The molecule has 0 amide bonds. The molecule has 5 heteroatoms. The van der Waals surface area contributed by atoms with Gasteiger partial charge in [-0.3, -0.25) is 4.68 Å². The van der Waals surface area contributed by atoms with Gasteiger partial charge in [0.15, 0.2) is 0 Å². The summed E-state index contributed by atoms with van der Waals surface area (Å²) in [6.45, 7) is 1.97. The highest BCUT2D eigenvalue weighted by Crippen LogP contribution is 2.21. The lowest BCUT2D eigenvalue weighted by Crippen LogP contribution is -2.13. The van der Waals surface area contributed by atoms with Gasteiger partial charge in [-0.05, 0) is 25.1 Å². The van der Waals surface area contributed by atoms with Crippen LogP contribution in [0.25, 0.3) is 0 Å². The van der Waals surface area contributed by atoms with Gasteiger partial charge in [0, 0.05) is 18.9 Å². The van der Waals surface area contributed by atoms with Gasteiger partial charge in [0.25, 0.3) is 0 Å².